The summed E-state index contributed by atoms with van der Waals surface area (Å²) in [6, 6.07) is 15.4. The highest BCUT2D eigenvalue weighted by molar-refractivity contribution is 5.95. The highest BCUT2D eigenvalue weighted by atomic mass is 19.4. The normalized spacial score (nSPS) is 17.5. The highest BCUT2D eigenvalue weighted by Crippen LogP contribution is 2.34. The van der Waals surface area contributed by atoms with Crippen LogP contribution in [0.3, 0.4) is 0 Å². The molecule has 1 N–H and O–H groups in total. The third-order valence-electron chi connectivity index (χ3n) is 6.15. The highest BCUT2D eigenvalue weighted by Gasteiger charge is 2.41. The second kappa shape index (κ2) is 10.6. The molecule has 1 fully saturated rings. The molecule has 1 amide bonds. The molecular formula is C25H27F4N5O. The van der Waals surface area contributed by atoms with Gasteiger partial charge in [0, 0.05) is 38.8 Å². The fourth-order valence-corrected chi connectivity index (χ4v) is 4.39. The van der Waals surface area contributed by atoms with Crippen molar-refractivity contribution in [3.05, 3.63) is 83.4 Å². The number of para-hydroxylation sites is 1. The predicted molar refractivity (Wildman–Crippen MR) is 124 cm³/mol. The topological polar surface area (TPSA) is 53.4 Å². The molecule has 186 valence electrons. The maximum Gasteiger partial charge on any atom is 0.434 e. The quantitative estimate of drug-likeness (QED) is 0.401. The van der Waals surface area contributed by atoms with Gasteiger partial charge in [-0.05, 0) is 31.2 Å². The number of rotatable bonds is 7. The number of halogens is 4. The van der Waals surface area contributed by atoms with E-state index >= 15 is 0 Å². The minimum Gasteiger partial charge on any atom is -0.352 e. The molecule has 0 radical (unpaired) electrons. The molecule has 1 aromatic heterocycles. The second-order valence-electron chi connectivity index (χ2n) is 8.60. The molecule has 0 aliphatic carbocycles. The van der Waals surface area contributed by atoms with Crippen molar-refractivity contribution in [1.82, 2.24) is 24.9 Å². The molecule has 0 spiro atoms. The van der Waals surface area contributed by atoms with Crippen LogP contribution in [-0.4, -0.2) is 65.3 Å². The van der Waals surface area contributed by atoms with Crippen molar-refractivity contribution in [2.75, 3.05) is 39.8 Å². The molecule has 1 atom stereocenters. The summed E-state index contributed by atoms with van der Waals surface area (Å²) in [6.07, 6.45) is -3.49. The van der Waals surface area contributed by atoms with Gasteiger partial charge in [-0.2, -0.15) is 18.3 Å². The number of carbonyl (C=O) groups is 1. The molecule has 10 heteroatoms. The van der Waals surface area contributed by atoms with Crippen LogP contribution in [0, 0.1) is 5.82 Å². The van der Waals surface area contributed by atoms with Crippen molar-refractivity contribution in [2.24, 2.45) is 0 Å². The van der Waals surface area contributed by atoms with Crippen LogP contribution in [0.15, 0.2) is 60.8 Å². The van der Waals surface area contributed by atoms with Gasteiger partial charge in [-0.15, -0.1) is 0 Å². The lowest BCUT2D eigenvalue weighted by molar-refractivity contribution is -0.143. The van der Waals surface area contributed by atoms with Gasteiger partial charge in [-0.3, -0.25) is 9.69 Å². The lowest BCUT2D eigenvalue weighted by atomic mass is 10.0. The molecule has 1 saturated heterocycles. The Balaban J connectivity index is 1.41. The van der Waals surface area contributed by atoms with Crippen molar-refractivity contribution < 1.29 is 22.4 Å². The van der Waals surface area contributed by atoms with Gasteiger partial charge in [-0.25, -0.2) is 9.07 Å². The Kier molecular flexibility index (Phi) is 7.51. The van der Waals surface area contributed by atoms with E-state index in [9.17, 15) is 22.4 Å². The van der Waals surface area contributed by atoms with Crippen molar-refractivity contribution in [3.8, 4) is 5.69 Å². The molecule has 2 aromatic carbocycles. The lowest BCUT2D eigenvalue weighted by Crippen LogP contribution is -2.47. The number of aromatic nitrogens is 2. The molecular weight excluding hydrogens is 462 g/mol. The van der Waals surface area contributed by atoms with Gasteiger partial charge in [-0.1, -0.05) is 42.5 Å². The van der Waals surface area contributed by atoms with Gasteiger partial charge in [0.2, 0.25) is 0 Å². The van der Waals surface area contributed by atoms with Crippen LogP contribution < -0.4 is 5.32 Å². The van der Waals surface area contributed by atoms with Gasteiger partial charge >= 0.3 is 6.18 Å². The van der Waals surface area contributed by atoms with Gasteiger partial charge < -0.3 is 10.2 Å². The zero-order chi connectivity index (χ0) is 25.0. The van der Waals surface area contributed by atoms with E-state index in [2.05, 4.69) is 39.4 Å². The van der Waals surface area contributed by atoms with Crippen LogP contribution in [0.25, 0.3) is 5.69 Å². The Hall–Kier alpha value is -3.24. The van der Waals surface area contributed by atoms with E-state index < -0.39 is 29.2 Å². The number of hydrogen-bond acceptors (Lipinski definition) is 4. The lowest BCUT2D eigenvalue weighted by Gasteiger charge is -2.40. The molecule has 6 nitrogen and oxygen atoms in total. The average Bonchev–Trinajstić information content (AvgIpc) is 3.29. The first-order valence-corrected chi connectivity index (χ1v) is 11.4. The summed E-state index contributed by atoms with van der Waals surface area (Å²) >= 11 is 0. The molecule has 35 heavy (non-hydrogen) atoms. The van der Waals surface area contributed by atoms with E-state index in [0.29, 0.717) is 17.6 Å². The number of amides is 1. The zero-order valence-corrected chi connectivity index (χ0v) is 19.3. The smallest absolute Gasteiger partial charge is 0.352 e. The first-order chi connectivity index (χ1) is 16.8. The molecule has 1 unspecified atom stereocenters. The third-order valence-corrected chi connectivity index (χ3v) is 6.15. The SMILES string of the molecule is CN1CCN(CCCNC(=O)c2cnn(-c3ccccc3F)c2C(F)(F)F)C(c2ccccc2)C1. The minimum absolute atomic E-state index is 0.203. The fourth-order valence-electron chi connectivity index (χ4n) is 4.39. The Labute approximate surface area is 201 Å². The number of nitrogens with zero attached hydrogens (tertiary/aromatic N) is 4. The standard InChI is InChI=1S/C25H27F4N5O/c1-32-14-15-33(22(17-32)18-8-3-2-4-9-18)13-7-12-30-24(35)19-16-31-34(23(19)25(27,28)29)21-11-6-5-10-20(21)26/h2-6,8-11,16,22H,7,12-15,17H2,1H3,(H,30,35). The number of piperazine rings is 1. The zero-order valence-electron chi connectivity index (χ0n) is 19.3. The minimum atomic E-state index is -4.89. The van der Waals surface area contributed by atoms with Crippen LogP contribution in [0.4, 0.5) is 17.6 Å². The first-order valence-electron chi connectivity index (χ1n) is 11.4. The molecule has 3 aromatic rings. The maximum absolute atomic E-state index is 14.1. The fraction of sp³-hybridized carbons (Fsp3) is 0.360. The summed E-state index contributed by atoms with van der Waals surface area (Å²) in [4.78, 5) is 17.2. The van der Waals surface area contributed by atoms with E-state index in [1.807, 2.05) is 18.2 Å². The predicted octanol–water partition coefficient (Wildman–Crippen LogP) is 4.14. The third kappa shape index (κ3) is 5.71. The van der Waals surface area contributed by atoms with E-state index in [1.54, 1.807) is 0 Å². The molecule has 4 rings (SSSR count). The van der Waals surface area contributed by atoms with Crippen LogP contribution in [0.1, 0.15) is 34.1 Å². The van der Waals surface area contributed by atoms with Crippen LogP contribution in [0.5, 0.6) is 0 Å². The Morgan fingerprint density at radius 3 is 2.51 bits per heavy atom. The Bertz CT molecular complexity index is 1150. The van der Waals surface area contributed by atoms with E-state index in [-0.39, 0.29) is 18.3 Å². The number of carbonyl (C=O) groups excluding carboxylic acids is 1. The molecule has 1 aliphatic rings. The summed E-state index contributed by atoms with van der Waals surface area (Å²) in [5, 5.41) is 6.24. The van der Waals surface area contributed by atoms with Crippen LogP contribution >= 0.6 is 0 Å². The van der Waals surface area contributed by atoms with E-state index in [0.717, 1.165) is 31.9 Å². The molecule has 1 aliphatic heterocycles. The Morgan fingerprint density at radius 1 is 1.09 bits per heavy atom. The van der Waals surface area contributed by atoms with Gasteiger partial charge in [0.05, 0.1) is 11.8 Å². The van der Waals surface area contributed by atoms with Crippen molar-refractivity contribution in [1.29, 1.82) is 0 Å². The van der Waals surface area contributed by atoms with E-state index in [1.165, 1.54) is 23.8 Å². The summed E-state index contributed by atoms with van der Waals surface area (Å²) in [6.45, 7) is 3.54. The Morgan fingerprint density at radius 2 is 1.80 bits per heavy atom. The number of alkyl halides is 3. The number of benzene rings is 2. The van der Waals surface area contributed by atoms with Crippen molar-refractivity contribution >= 4 is 5.91 Å². The summed E-state index contributed by atoms with van der Waals surface area (Å²) in [7, 11) is 2.08. The monoisotopic (exact) mass is 489 g/mol. The largest absolute Gasteiger partial charge is 0.434 e. The average molecular weight is 490 g/mol. The summed E-state index contributed by atoms with van der Waals surface area (Å²) < 4.78 is 56.0. The van der Waals surface area contributed by atoms with Crippen molar-refractivity contribution in [3.63, 3.8) is 0 Å². The molecule has 2 heterocycles. The van der Waals surface area contributed by atoms with Crippen molar-refractivity contribution in [2.45, 2.75) is 18.6 Å². The van der Waals surface area contributed by atoms with Crippen LogP contribution in [0.2, 0.25) is 0 Å². The maximum atomic E-state index is 14.1. The summed E-state index contributed by atoms with van der Waals surface area (Å²) in [5.74, 6) is -1.76. The van der Waals surface area contributed by atoms with Crippen LogP contribution in [-0.2, 0) is 6.18 Å². The second-order valence-corrected chi connectivity index (χ2v) is 8.60. The van der Waals surface area contributed by atoms with E-state index in [4.69, 9.17) is 0 Å². The number of likely N-dealkylation sites (N-methyl/N-ethyl adjacent to an activating group) is 1. The number of nitrogens with one attached hydrogen (secondary N) is 1. The first kappa shape index (κ1) is 24.9. The van der Waals surface area contributed by atoms with Gasteiger partial charge in [0.1, 0.15) is 11.5 Å². The van der Waals surface area contributed by atoms with Gasteiger partial charge in [0.15, 0.2) is 5.69 Å². The number of hydrogen-bond donors (Lipinski definition) is 1. The van der Waals surface area contributed by atoms with Gasteiger partial charge in [0.25, 0.3) is 5.91 Å². The molecule has 0 saturated carbocycles. The summed E-state index contributed by atoms with van der Waals surface area (Å²) in [5.41, 5.74) is -1.11. The molecule has 0 bridgehead atoms.